The molecular weight excluding hydrogens is 413 g/mol. The smallest absolute Gasteiger partial charge is 0.337 e. The van der Waals surface area contributed by atoms with Crippen molar-refractivity contribution in [3.63, 3.8) is 0 Å². The van der Waals surface area contributed by atoms with Gasteiger partial charge in [0.25, 0.3) is 0 Å². The molecule has 7 heteroatoms. The van der Waals surface area contributed by atoms with Gasteiger partial charge in [0.2, 0.25) is 0 Å². The van der Waals surface area contributed by atoms with Gasteiger partial charge in [0.1, 0.15) is 5.75 Å². The summed E-state index contributed by atoms with van der Waals surface area (Å²) >= 11 is 12.6. The lowest BCUT2D eigenvalue weighted by molar-refractivity contribution is 0.0697. The van der Waals surface area contributed by atoms with E-state index in [-0.39, 0.29) is 27.8 Å². The molecule has 1 aromatic carbocycles. The van der Waals surface area contributed by atoms with E-state index < -0.39 is 12.1 Å². The minimum Gasteiger partial charge on any atom is -0.491 e. The number of carbonyl (C=O) groups is 1. The number of ether oxygens (including phenoxy) is 1. The summed E-state index contributed by atoms with van der Waals surface area (Å²) in [6.07, 6.45) is 4.94. The van der Waals surface area contributed by atoms with Crippen LogP contribution in [0.25, 0.3) is 0 Å². The summed E-state index contributed by atoms with van der Waals surface area (Å²) in [6.45, 7) is 4.40. The van der Waals surface area contributed by atoms with Crippen molar-refractivity contribution in [1.29, 1.82) is 0 Å². The number of halogens is 2. The van der Waals surface area contributed by atoms with Gasteiger partial charge >= 0.3 is 5.97 Å². The van der Waals surface area contributed by atoms with Crippen LogP contribution in [-0.4, -0.2) is 39.3 Å². The molecule has 1 fully saturated rings. The molecule has 1 aliphatic carbocycles. The van der Waals surface area contributed by atoms with Crippen LogP contribution in [0, 0.1) is 25.7 Å². The average molecular weight is 438 g/mol. The Kier molecular flexibility index (Phi) is 7.04. The number of carboxylic acids is 1. The Labute approximate surface area is 180 Å². The number of rotatable bonds is 7. The van der Waals surface area contributed by atoms with Gasteiger partial charge in [-0.25, -0.2) is 4.79 Å². The number of aromatic nitrogens is 1. The molecule has 1 aliphatic rings. The molecule has 0 amide bonds. The molecule has 1 heterocycles. The van der Waals surface area contributed by atoms with Crippen LogP contribution in [0.5, 0.6) is 5.75 Å². The zero-order valence-corrected chi connectivity index (χ0v) is 18.0. The normalized spacial score (nSPS) is 23.9. The number of benzene rings is 1. The summed E-state index contributed by atoms with van der Waals surface area (Å²) in [5.41, 5.74) is 3.14. The van der Waals surface area contributed by atoms with Crippen molar-refractivity contribution in [2.24, 2.45) is 11.8 Å². The number of carboxylic acid groups (broad SMARTS) is 1. The zero-order chi connectivity index (χ0) is 21.1. The highest BCUT2D eigenvalue weighted by atomic mass is 35.5. The predicted molar refractivity (Wildman–Crippen MR) is 113 cm³/mol. The van der Waals surface area contributed by atoms with E-state index in [2.05, 4.69) is 4.98 Å². The fourth-order valence-corrected chi connectivity index (χ4v) is 4.65. The van der Waals surface area contributed by atoms with Crippen molar-refractivity contribution in [3.05, 3.63) is 57.9 Å². The van der Waals surface area contributed by atoms with Gasteiger partial charge in [-0.2, -0.15) is 0 Å². The first-order chi connectivity index (χ1) is 13.8. The minimum atomic E-state index is -1.05. The molecule has 156 valence electrons. The number of aromatic carboxylic acids is 1. The van der Waals surface area contributed by atoms with Crippen LogP contribution < -0.4 is 4.74 Å². The molecule has 29 heavy (non-hydrogen) atoms. The second-order valence-electron chi connectivity index (χ2n) is 7.70. The fourth-order valence-electron chi connectivity index (χ4n) is 3.93. The summed E-state index contributed by atoms with van der Waals surface area (Å²) in [7, 11) is 0. The van der Waals surface area contributed by atoms with E-state index in [9.17, 15) is 9.90 Å². The molecule has 0 aliphatic heterocycles. The molecule has 2 unspecified atom stereocenters. The number of aliphatic hydroxyl groups excluding tert-OH is 1. The minimum absolute atomic E-state index is 0.00602. The van der Waals surface area contributed by atoms with Crippen LogP contribution >= 0.6 is 23.2 Å². The quantitative estimate of drug-likeness (QED) is 0.615. The van der Waals surface area contributed by atoms with E-state index in [1.54, 1.807) is 24.5 Å². The molecule has 0 saturated heterocycles. The Morgan fingerprint density at radius 2 is 2.03 bits per heavy atom. The Morgan fingerprint density at radius 3 is 2.72 bits per heavy atom. The average Bonchev–Trinajstić information content (AvgIpc) is 2.93. The SMILES string of the molecule is Cc1cncc(OC[C@H]2C(Cl)CC(O)[C@@H]2CCc2ccc(C(=O)O)c(Cl)c2)c1C. The van der Waals surface area contributed by atoms with Crippen molar-refractivity contribution in [1.82, 2.24) is 4.98 Å². The number of alkyl halides is 1. The topological polar surface area (TPSA) is 79.7 Å². The van der Waals surface area contributed by atoms with E-state index in [0.29, 0.717) is 25.9 Å². The van der Waals surface area contributed by atoms with Gasteiger partial charge in [0, 0.05) is 17.5 Å². The number of aliphatic hydroxyl groups is 1. The Hall–Kier alpha value is -1.82. The number of aryl methyl sites for hydroxylation is 2. The van der Waals surface area contributed by atoms with Gasteiger partial charge in [-0.05, 0) is 67.9 Å². The van der Waals surface area contributed by atoms with Crippen molar-refractivity contribution in [2.75, 3.05) is 6.61 Å². The number of pyridine rings is 1. The molecule has 1 saturated carbocycles. The first kappa shape index (κ1) is 21.9. The molecule has 5 nitrogen and oxygen atoms in total. The number of hydrogen-bond acceptors (Lipinski definition) is 4. The molecule has 1 aromatic heterocycles. The second kappa shape index (κ2) is 9.33. The van der Waals surface area contributed by atoms with E-state index >= 15 is 0 Å². The summed E-state index contributed by atoms with van der Waals surface area (Å²) in [6, 6.07) is 4.96. The van der Waals surface area contributed by atoms with Gasteiger partial charge < -0.3 is 14.9 Å². The zero-order valence-electron chi connectivity index (χ0n) is 16.4. The van der Waals surface area contributed by atoms with Crippen LogP contribution in [0.15, 0.2) is 30.6 Å². The van der Waals surface area contributed by atoms with E-state index in [0.717, 1.165) is 22.4 Å². The van der Waals surface area contributed by atoms with Gasteiger partial charge in [-0.1, -0.05) is 17.7 Å². The maximum absolute atomic E-state index is 11.1. The van der Waals surface area contributed by atoms with Crippen LogP contribution in [0.4, 0.5) is 0 Å². The summed E-state index contributed by atoms with van der Waals surface area (Å²) in [5, 5.41) is 19.7. The third-order valence-electron chi connectivity index (χ3n) is 5.86. The monoisotopic (exact) mass is 437 g/mol. The summed E-state index contributed by atoms with van der Waals surface area (Å²) < 4.78 is 6.02. The Bertz CT molecular complexity index is 889. The lowest BCUT2D eigenvalue weighted by atomic mass is 9.89. The lowest BCUT2D eigenvalue weighted by Gasteiger charge is -2.24. The Balaban J connectivity index is 1.66. The van der Waals surface area contributed by atoms with Crippen LogP contribution in [0.2, 0.25) is 5.02 Å². The highest BCUT2D eigenvalue weighted by molar-refractivity contribution is 6.33. The van der Waals surface area contributed by atoms with Crippen LogP contribution in [0.3, 0.4) is 0 Å². The van der Waals surface area contributed by atoms with Crippen LogP contribution in [-0.2, 0) is 6.42 Å². The first-order valence-electron chi connectivity index (χ1n) is 9.65. The van der Waals surface area contributed by atoms with Crippen LogP contribution in [0.1, 0.15) is 39.9 Å². The highest BCUT2D eigenvalue weighted by Crippen LogP contribution is 2.39. The van der Waals surface area contributed by atoms with Crippen molar-refractivity contribution < 1.29 is 19.7 Å². The molecule has 4 atom stereocenters. The molecule has 2 aromatic rings. The van der Waals surface area contributed by atoms with E-state index in [1.165, 1.54) is 6.07 Å². The predicted octanol–water partition coefficient (Wildman–Crippen LogP) is 4.67. The highest BCUT2D eigenvalue weighted by Gasteiger charge is 2.41. The van der Waals surface area contributed by atoms with Gasteiger partial charge in [-0.15, -0.1) is 11.6 Å². The second-order valence-corrected chi connectivity index (χ2v) is 8.66. The first-order valence-corrected chi connectivity index (χ1v) is 10.5. The summed E-state index contributed by atoms with van der Waals surface area (Å²) in [5.74, 6) is -0.296. The maximum Gasteiger partial charge on any atom is 0.337 e. The van der Waals surface area contributed by atoms with Gasteiger partial charge in [-0.3, -0.25) is 4.98 Å². The molecular formula is C22H25Cl2NO4. The van der Waals surface area contributed by atoms with Gasteiger partial charge in [0.05, 0.1) is 29.5 Å². The number of hydrogen-bond donors (Lipinski definition) is 2. The Morgan fingerprint density at radius 1 is 1.28 bits per heavy atom. The van der Waals surface area contributed by atoms with Crippen molar-refractivity contribution >= 4 is 29.2 Å². The molecule has 0 radical (unpaired) electrons. The molecule has 3 rings (SSSR count). The summed E-state index contributed by atoms with van der Waals surface area (Å²) in [4.78, 5) is 15.3. The van der Waals surface area contributed by atoms with E-state index in [1.807, 2.05) is 13.8 Å². The van der Waals surface area contributed by atoms with Gasteiger partial charge in [0.15, 0.2) is 0 Å². The van der Waals surface area contributed by atoms with Crippen molar-refractivity contribution in [3.8, 4) is 5.75 Å². The maximum atomic E-state index is 11.1. The fraction of sp³-hybridized carbons (Fsp3) is 0.455. The van der Waals surface area contributed by atoms with E-state index in [4.69, 9.17) is 33.0 Å². The molecule has 0 spiro atoms. The number of nitrogens with zero attached hydrogens (tertiary/aromatic N) is 1. The molecule has 0 bridgehead atoms. The lowest BCUT2D eigenvalue weighted by Crippen LogP contribution is -2.27. The standard InChI is InChI=1S/C22H25Cl2NO4/c1-12-9-25-10-21(13(12)2)29-11-17-15(20(26)8-19(17)24)5-3-14-4-6-16(22(27)28)18(23)7-14/h4,6-7,9-10,15,17,19-20,26H,3,5,8,11H2,1-2H3,(H,27,28)/t15-,17-,19?,20?/m1/s1. The van der Waals surface area contributed by atoms with Crippen molar-refractivity contribution in [2.45, 2.75) is 44.6 Å². The largest absolute Gasteiger partial charge is 0.491 e. The third kappa shape index (κ3) is 5.03. The molecule has 2 N–H and O–H groups in total. The third-order valence-corrected chi connectivity index (χ3v) is 6.67.